The Morgan fingerprint density at radius 3 is 2.88 bits per heavy atom. The van der Waals surface area contributed by atoms with Gasteiger partial charge in [-0.2, -0.15) is 5.10 Å². The summed E-state index contributed by atoms with van der Waals surface area (Å²) in [6.45, 7) is 8.48. The molecule has 3 heterocycles. The number of pyridine rings is 1. The van der Waals surface area contributed by atoms with Gasteiger partial charge in [-0.3, -0.25) is 14.7 Å². The number of rotatable bonds is 6. The highest BCUT2D eigenvalue weighted by atomic mass is 19.1. The number of anilines is 1. The average Bonchev–Trinajstić information content (AvgIpc) is 3.06. The van der Waals surface area contributed by atoms with E-state index in [2.05, 4.69) is 44.1 Å². The van der Waals surface area contributed by atoms with Crippen molar-refractivity contribution in [2.45, 2.75) is 18.5 Å². The van der Waals surface area contributed by atoms with Crippen molar-refractivity contribution in [1.29, 1.82) is 0 Å². The van der Waals surface area contributed by atoms with Crippen molar-refractivity contribution >= 4 is 30.6 Å². The van der Waals surface area contributed by atoms with Gasteiger partial charge >= 0.3 is 0 Å². The summed E-state index contributed by atoms with van der Waals surface area (Å²) < 4.78 is 16.5. The quantitative estimate of drug-likeness (QED) is 0.790. The molecule has 0 aliphatic carbocycles. The third-order valence-electron chi connectivity index (χ3n) is 4.29. The molecule has 1 fully saturated rings. The summed E-state index contributed by atoms with van der Waals surface area (Å²) >= 11 is 0. The molecule has 3 rings (SSSR count). The Morgan fingerprint density at radius 2 is 2.28 bits per heavy atom. The van der Waals surface area contributed by atoms with Crippen LogP contribution >= 0.6 is 0 Å². The summed E-state index contributed by atoms with van der Waals surface area (Å²) in [5, 5.41) is 10.3. The van der Waals surface area contributed by atoms with E-state index in [9.17, 15) is 4.39 Å². The fourth-order valence-electron chi connectivity index (χ4n) is 2.95. The van der Waals surface area contributed by atoms with Gasteiger partial charge in [0.25, 0.3) is 0 Å². The molecule has 8 heteroatoms. The fourth-order valence-corrected chi connectivity index (χ4v) is 2.95. The zero-order valence-corrected chi connectivity index (χ0v) is 14.3. The number of nitrogens with one attached hydrogen (secondary N) is 2. The van der Waals surface area contributed by atoms with Gasteiger partial charge in [-0.25, -0.2) is 9.37 Å². The lowest BCUT2D eigenvalue weighted by Crippen LogP contribution is -2.46. The zero-order valence-electron chi connectivity index (χ0n) is 14.3. The second-order valence-electron chi connectivity index (χ2n) is 6.23. The predicted octanol–water partition coefficient (Wildman–Crippen LogP) is 2.65. The third kappa shape index (κ3) is 3.74. The van der Waals surface area contributed by atoms with Crippen LogP contribution in [0.25, 0.3) is 11.3 Å². The molecule has 0 saturated carbocycles. The van der Waals surface area contributed by atoms with Crippen LogP contribution in [-0.4, -0.2) is 53.5 Å². The highest BCUT2D eigenvalue weighted by Crippen LogP contribution is 2.37. The number of alkyl halides is 1. The number of nitrogens with zero attached hydrogens (tertiary/aromatic N) is 5. The monoisotopic (exact) mass is 343 g/mol. The van der Waals surface area contributed by atoms with Crippen molar-refractivity contribution < 1.29 is 4.39 Å². The number of aliphatic imine (C=N–C) groups is 2. The fraction of sp³-hybridized carbons (Fsp3) is 0.412. The molecule has 0 bridgehead atoms. The summed E-state index contributed by atoms with van der Waals surface area (Å²) in [6.07, 6.45) is 4.88. The van der Waals surface area contributed by atoms with Gasteiger partial charge in [-0.15, -0.1) is 0 Å². The number of hydrogen-bond donors (Lipinski definition) is 2. The second-order valence-corrected chi connectivity index (χ2v) is 6.23. The van der Waals surface area contributed by atoms with E-state index in [-0.39, 0.29) is 6.54 Å². The van der Waals surface area contributed by atoms with Gasteiger partial charge < -0.3 is 10.6 Å². The summed E-state index contributed by atoms with van der Waals surface area (Å²) in [5.41, 5.74) is 1.20. The number of halogens is 1. The van der Waals surface area contributed by atoms with Crippen molar-refractivity contribution in [2.24, 2.45) is 17.0 Å². The maximum absolute atomic E-state index is 14.9. The van der Waals surface area contributed by atoms with Crippen LogP contribution in [0.2, 0.25) is 0 Å². The molecule has 2 aromatic rings. The smallest absolute Gasteiger partial charge is 0.154 e. The van der Waals surface area contributed by atoms with E-state index in [1.165, 1.54) is 0 Å². The van der Waals surface area contributed by atoms with Gasteiger partial charge in [0.2, 0.25) is 0 Å². The molecule has 25 heavy (non-hydrogen) atoms. The number of hydrogen-bond acceptors (Lipinski definition) is 6. The summed E-state index contributed by atoms with van der Waals surface area (Å²) in [5.74, 6) is 0.446. The largest absolute Gasteiger partial charge is 0.365 e. The molecule has 1 saturated heterocycles. The molecule has 2 aromatic heterocycles. The molecule has 1 atom stereocenters. The van der Waals surface area contributed by atoms with Gasteiger partial charge in [0.1, 0.15) is 11.4 Å². The summed E-state index contributed by atoms with van der Waals surface area (Å²) in [6, 6.07) is 1.77. The van der Waals surface area contributed by atoms with Crippen LogP contribution in [0.3, 0.4) is 0 Å². The van der Waals surface area contributed by atoms with Crippen molar-refractivity contribution in [2.75, 3.05) is 25.0 Å². The summed E-state index contributed by atoms with van der Waals surface area (Å²) in [4.78, 5) is 12.6. The van der Waals surface area contributed by atoms with Gasteiger partial charge in [0.15, 0.2) is 5.82 Å². The minimum atomic E-state index is -1.32. The van der Waals surface area contributed by atoms with E-state index in [0.29, 0.717) is 35.9 Å². The van der Waals surface area contributed by atoms with Crippen molar-refractivity contribution in [3.63, 3.8) is 0 Å². The molecular formula is C17H22FN7. The lowest BCUT2D eigenvalue weighted by Gasteiger charge is -2.30. The molecule has 0 aromatic carbocycles. The molecule has 0 amide bonds. The van der Waals surface area contributed by atoms with E-state index in [0.717, 1.165) is 18.5 Å². The van der Waals surface area contributed by atoms with Gasteiger partial charge in [0, 0.05) is 25.4 Å². The molecule has 7 nitrogen and oxygen atoms in total. The Labute approximate surface area is 146 Å². The molecule has 0 spiro atoms. The Bertz CT molecular complexity index is 777. The Morgan fingerprint density at radius 1 is 1.44 bits per heavy atom. The van der Waals surface area contributed by atoms with Crippen molar-refractivity contribution in [1.82, 2.24) is 20.1 Å². The van der Waals surface area contributed by atoms with Crippen LogP contribution in [0.1, 0.15) is 12.8 Å². The van der Waals surface area contributed by atoms with Crippen LogP contribution in [0.5, 0.6) is 0 Å². The Balaban J connectivity index is 1.92. The summed E-state index contributed by atoms with van der Waals surface area (Å²) in [7, 11) is 1.83. The highest BCUT2D eigenvalue weighted by Gasteiger charge is 2.32. The number of aryl methyl sites for hydroxylation is 1. The topological polar surface area (TPSA) is 79.5 Å². The van der Waals surface area contributed by atoms with Gasteiger partial charge in [-0.1, -0.05) is 0 Å². The molecule has 1 unspecified atom stereocenters. The van der Waals surface area contributed by atoms with Gasteiger partial charge in [-0.05, 0) is 38.9 Å². The Hall–Kier alpha value is -2.61. The van der Waals surface area contributed by atoms with E-state index < -0.39 is 5.67 Å². The van der Waals surface area contributed by atoms with E-state index in [4.69, 9.17) is 0 Å². The maximum Gasteiger partial charge on any atom is 0.154 e. The first-order valence-corrected chi connectivity index (χ1v) is 8.16. The number of aromatic nitrogens is 3. The zero-order chi connectivity index (χ0) is 17.9. The normalized spacial score (nSPS) is 20.2. The first-order valence-electron chi connectivity index (χ1n) is 8.16. The SMILES string of the molecule is C=Nc1cc(-c2cnn(C)c2)nc(NCC2(F)CCCNC2)c1N=C. The minimum absolute atomic E-state index is 0.141. The second kappa shape index (κ2) is 7.10. The minimum Gasteiger partial charge on any atom is -0.365 e. The van der Waals surface area contributed by atoms with Crippen molar-refractivity contribution in [3.8, 4) is 11.3 Å². The molecule has 132 valence electrons. The first kappa shape index (κ1) is 17.2. The van der Waals surface area contributed by atoms with Gasteiger partial charge in [0.05, 0.1) is 24.1 Å². The highest BCUT2D eigenvalue weighted by molar-refractivity contribution is 5.82. The van der Waals surface area contributed by atoms with Crippen LogP contribution in [0, 0.1) is 0 Å². The third-order valence-corrected chi connectivity index (χ3v) is 4.29. The lowest BCUT2D eigenvalue weighted by atomic mass is 9.96. The predicted molar refractivity (Wildman–Crippen MR) is 99.3 cm³/mol. The molecule has 1 aliphatic heterocycles. The van der Waals surface area contributed by atoms with Crippen LogP contribution in [-0.2, 0) is 7.05 Å². The maximum atomic E-state index is 14.9. The number of piperidine rings is 1. The van der Waals surface area contributed by atoms with Crippen LogP contribution in [0.15, 0.2) is 28.4 Å². The van der Waals surface area contributed by atoms with E-state index in [1.54, 1.807) is 16.9 Å². The van der Waals surface area contributed by atoms with Crippen molar-refractivity contribution in [3.05, 3.63) is 18.5 Å². The van der Waals surface area contributed by atoms with E-state index >= 15 is 0 Å². The Kier molecular flexibility index (Phi) is 4.89. The molecule has 0 radical (unpaired) electrons. The standard InChI is InChI=1S/C17H22FN7/c1-19-14-7-13(12-8-23-25(3)9-12)24-16(15(14)20-2)22-11-17(18)5-4-6-21-10-17/h7-9,21H,1-2,4-6,10-11H2,3H3,(H,22,24). The van der Waals surface area contributed by atoms with E-state index in [1.807, 2.05) is 13.2 Å². The van der Waals surface area contributed by atoms with Crippen LogP contribution < -0.4 is 10.6 Å². The molecule has 1 aliphatic rings. The van der Waals surface area contributed by atoms with Crippen LogP contribution in [0.4, 0.5) is 21.6 Å². The first-order chi connectivity index (χ1) is 12.0. The average molecular weight is 343 g/mol. The lowest BCUT2D eigenvalue weighted by molar-refractivity contribution is 0.137. The molecular weight excluding hydrogens is 321 g/mol. The molecule has 2 N–H and O–H groups in total.